The lowest BCUT2D eigenvalue weighted by Gasteiger charge is -2.07. The number of nitrogens with one attached hydrogen (secondary N) is 2. The fraction of sp³-hybridized carbons (Fsp3) is 0.583. The second-order valence-electron chi connectivity index (χ2n) is 4.09. The maximum absolute atomic E-state index is 11.6. The number of hydrogen-bond donors (Lipinski definition) is 2. The number of methoxy groups -OCH3 is 1. The Hall–Kier alpha value is -1.89. The first-order chi connectivity index (χ1) is 9.08. The molecule has 0 radical (unpaired) electrons. The van der Waals surface area contributed by atoms with Crippen molar-refractivity contribution in [3.8, 4) is 0 Å². The third kappa shape index (κ3) is 4.70. The van der Waals surface area contributed by atoms with Gasteiger partial charge >= 0.3 is 5.69 Å². The molecule has 0 aromatic carbocycles. The molecule has 2 N–H and O–H groups in total. The summed E-state index contributed by atoms with van der Waals surface area (Å²) < 4.78 is 6.06. The van der Waals surface area contributed by atoms with Crippen LogP contribution in [0.3, 0.4) is 0 Å². The van der Waals surface area contributed by atoms with Gasteiger partial charge in [-0.05, 0) is 12.8 Å². The molecular formula is C12H19N3O4. The molecule has 0 unspecified atom stereocenters. The van der Waals surface area contributed by atoms with E-state index in [0.717, 1.165) is 0 Å². The van der Waals surface area contributed by atoms with Crippen molar-refractivity contribution < 1.29 is 9.53 Å². The number of nitrogens with zero attached hydrogens (tertiary/aromatic N) is 1. The van der Waals surface area contributed by atoms with Crippen LogP contribution in [-0.4, -0.2) is 35.7 Å². The minimum absolute atomic E-state index is 0.102. The van der Waals surface area contributed by atoms with Crippen molar-refractivity contribution in [3.05, 3.63) is 32.6 Å². The van der Waals surface area contributed by atoms with E-state index >= 15 is 0 Å². The van der Waals surface area contributed by atoms with Gasteiger partial charge in [0.15, 0.2) is 0 Å². The number of carbonyl (C=O) groups excluding carboxylic acids is 1. The average molecular weight is 269 g/mol. The quantitative estimate of drug-likeness (QED) is 0.637. The van der Waals surface area contributed by atoms with Gasteiger partial charge in [0.25, 0.3) is 5.56 Å². The van der Waals surface area contributed by atoms with Crippen LogP contribution in [0.2, 0.25) is 0 Å². The van der Waals surface area contributed by atoms with Crippen molar-refractivity contribution in [2.45, 2.75) is 26.3 Å². The van der Waals surface area contributed by atoms with E-state index in [4.69, 9.17) is 4.74 Å². The summed E-state index contributed by atoms with van der Waals surface area (Å²) in [6, 6.07) is 0. The fourth-order valence-corrected chi connectivity index (χ4v) is 1.58. The molecule has 0 spiro atoms. The van der Waals surface area contributed by atoms with Gasteiger partial charge in [-0.3, -0.25) is 19.1 Å². The molecule has 0 bridgehead atoms. The molecule has 1 aromatic heterocycles. The Balaban J connectivity index is 2.64. The van der Waals surface area contributed by atoms with Crippen LogP contribution in [0.1, 0.15) is 18.9 Å². The number of H-pyrrole nitrogens is 1. The predicted molar refractivity (Wildman–Crippen MR) is 70.2 cm³/mol. The third-order valence-electron chi connectivity index (χ3n) is 2.63. The Labute approximate surface area is 110 Å². The standard InChI is InChI=1S/C12H19N3O4/c1-3-9-7-15(12(18)14-11(9)17)8-10(16)13-5-4-6-19-2/h7H,3-6,8H2,1-2H3,(H,13,16)(H,14,17,18). The van der Waals surface area contributed by atoms with Crippen molar-refractivity contribution in [1.29, 1.82) is 0 Å². The maximum atomic E-state index is 11.6. The van der Waals surface area contributed by atoms with Crippen molar-refractivity contribution in [2.24, 2.45) is 0 Å². The van der Waals surface area contributed by atoms with Crippen LogP contribution >= 0.6 is 0 Å². The summed E-state index contributed by atoms with van der Waals surface area (Å²) in [6.45, 7) is 2.77. The Morgan fingerprint density at radius 1 is 1.47 bits per heavy atom. The lowest BCUT2D eigenvalue weighted by atomic mass is 10.2. The molecule has 1 amide bonds. The minimum atomic E-state index is -0.575. The van der Waals surface area contributed by atoms with Crippen molar-refractivity contribution in [2.75, 3.05) is 20.3 Å². The number of hydrogen-bond acceptors (Lipinski definition) is 4. The molecule has 19 heavy (non-hydrogen) atoms. The number of aryl methyl sites for hydroxylation is 1. The van der Waals surface area contributed by atoms with Crippen LogP contribution in [-0.2, 0) is 22.5 Å². The maximum Gasteiger partial charge on any atom is 0.328 e. The van der Waals surface area contributed by atoms with Gasteiger partial charge in [0.1, 0.15) is 6.54 Å². The minimum Gasteiger partial charge on any atom is -0.385 e. The van der Waals surface area contributed by atoms with Crippen LogP contribution in [0.4, 0.5) is 0 Å². The van der Waals surface area contributed by atoms with E-state index in [9.17, 15) is 14.4 Å². The summed E-state index contributed by atoms with van der Waals surface area (Å²) in [5.41, 5.74) is -0.495. The number of amides is 1. The highest BCUT2D eigenvalue weighted by Gasteiger charge is 2.07. The van der Waals surface area contributed by atoms with E-state index in [0.29, 0.717) is 31.6 Å². The molecule has 106 valence electrons. The fourth-order valence-electron chi connectivity index (χ4n) is 1.58. The normalized spacial score (nSPS) is 10.4. The topological polar surface area (TPSA) is 93.2 Å². The second-order valence-corrected chi connectivity index (χ2v) is 4.09. The van der Waals surface area contributed by atoms with Crippen molar-refractivity contribution in [3.63, 3.8) is 0 Å². The average Bonchev–Trinajstić information content (AvgIpc) is 2.38. The van der Waals surface area contributed by atoms with Crippen LogP contribution in [0.5, 0.6) is 0 Å². The molecule has 0 fully saturated rings. The zero-order valence-electron chi connectivity index (χ0n) is 11.2. The molecule has 0 saturated carbocycles. The molecular weight excluding hydrogens is 250 g/mol. The van der Waals surface area contributed by atoms with Crippen molar-refractivity contribution in [1.82, 2.24) is 14.9 Å². The molecule has 0 aliphatic rings. The van der Waals surface area contributed by atoms with Gasteiger partial charge < -0.3 is 10.1 Å². The summed E-state index contributed by atoms with van der Waals surface area (Å²) in [7, 11) is 1.59. The van der Waals surface area contributed by atoms with E-state index in [1.807, 2.05) is 6.92 Å². The van der Waals surface area contributed by atoms with E-state index < -0.39 is 11.2 Å². The predicted octanol–water partition coefficient (Wildman–Crippen LogP) is -0.748. The van der Waals surface area contributed by atoms with Crippen LogP contribution in [0.25, 0.3) is 0 Å². The summed E-state index contributed by atoms with van der Waals surface area (Å²) in [5, 5.41) is 2.67. The van der Waals surface area contributed by atoms with Gasteiger partial charge in [-0.1, -0.05) is 6.92 Å². The Morgan fingerprint density at radius 2 is 2.21 bits per heavy atom. The molecule has 0 aliphatic heterocycles. The van der Waals surface area contributed by atoms with Crippen LogP contribution in [0.15, 0.2) is 15.8 Å². The molecule has 0 atom stereocenters. The van der Waals surface area contributed by atoms with Crippen molar-refractivity contribution >= 4 is 5.91 Å². The van der Waals surface area contributed by atoms with E-state index in [2.05, 4.69) is 10.3 Å². The van der Waals surface area contributed by atoms with Gasteiger partial charge in [-0.15, -0.1) is 0 Å². The smallest absolute Gasteiger partial charge is 0.328 e. The number of ether oxygens (including phenoxy) is 1. The molecule has 0 aliphatic carbocycles. The summed E-state index contributed by atoms with van der Waals surface area (Å²) in [5.74, 6) is -0.271. The third-order valence-corrected chi connectivity index (χ3v) is 2.63. The van der Waals surface area contributed by atoms with E-state index in [-0.39, 0.29) is 12.5 Å². The Bertz CT molecular complexity index is 533. The first-order valence-electron chi connectivity index (χ1n) is 6.16. The number of aromatic amines is 1. The Kier molecular flexibility index (Phi) is 6.01. The van der Waals surface area contributed by atoms with Gasteiger partial charge in [-0.2, -0.15) is 0 Å². The van der Waals surface area contributed by atoms with Gasteiger partial charge in [0.2, 0.25) is 5.91 Å². The van der Waals surface area contributed by atoms with E-state index in [1.54, 1.807) is 7.11 Å². The highest BCUT2D eigenvalue weighted by Crippen LogP contribution is 1.89. The lowest BCUT2D eigenvalue weighted by Crippen LogP contribution is -2.37. The summed E-state index contributed by atoms with van der Waals surface area (Å²) in [4.78, 5) is 36.7. The number of aromatic nitrogens is 2. The Morgan fingerprint density at radius 3 is 2.84 bits per heavy atom. The highest BCUT2D eigenvalue weighted by molar-refractivity contribution is 5.75. The van der Waals surface area contributed by atoms with Gasteiger partial charge in [0.05, 0.1) is 0 Å². The van der Waals surface area contributed by atoms with Gasteiger partial charge in [-0.25, -0.2) is 4.79 Å². The summed E-state index contributed by atoms with van der Waals surface area (Å²) in [6.07, 6.45) is 2.64. The molecule has 0 saturated heterocycles. The van der Waals surface area contributed by atoms with E-state index in [1.165, 1.54) is 10.8 Å². The van der Waals surface area contributed by atoms with Crippen LogP contribution < -0.4 is 16.6 Å². The van der Waals surface area contributed by atoms with Gasteiger partial charge in [0, 0.05) is 32.0 Å². The largest absolute Gasteiger partial charge is 0.385 e. The summed E-state index contributed by atoms with van der Waals surface area (Å²) >= 11 is 0. The first-order valence-corrected chi connectivity index (χ1v) is 6.16. The molecule has 1 rings (SSSR count). The molecule has 1 aromatic rings. The molecule has 7 nitrogen and oxygen atoms in total. The molecule has 1 heterocycles. The SMILES string of the molecule is CCc1cn(CC(=O)NCCCOC)c(=O)[nH]c1=O. The zero-order chi connectivity index (χ0) is 14.3. The highest BCUT2D eigenvalue weighted by atomic mass is 16.5. The first kappa shape index (κ1) is 15.2. The number of carbonyl (C=O) groups is 1. The zero-order valence-corrected chi connectivity index (χ0v) is 11.2. The van der Waals surface area contributed by atoms with Crippen LogP contribution in [0, 0.1) is 0 Å². The molecule has 7 heteroatoms. The lowest BCUT2D eigenvalue weighted by molar-refractivity contribution is -0.121. The second kappa shape index (κ2) is 7.52. The number of rotatable bonds is 7. The monoisotopic (exact) mass is 269 g/mol.